The van der Waals surface area contributed by atoms with Gasteiger partial charge in [-0.3, -0.25) is 0 Å². The van der Waals surface area contributed by atoms with Crippen LogP contribution in [0.1, 0.15) is 30.3 Å². The third-order valence-electron chi connectivity index (χ3n) is 2.79. The highest BCUT2D eigenvalue weighted by molar-refractivity contribution is 6.30. The molecule has 100 valence electrons. The summed E-state index contributed by atoms with van der Waals surface area (Å²) < 4.78 is 0. The van der Waals surface area contributed by atoms with Gasteiger partial charge in [0, 0.05) is 35.9 Å². The third-order valence-corrected chi connectivity index (χ3v) is 3.04. The number of nitrogens with zero attached hydrogens (tertiary/aromatic N) is 2. The van der Waals surface area contributed by atoms with Gasteiger partial charge >= 0.3 is 0 Å². The number of hydrogen-bond donors (Lipinski definition) is 1. The molecule has 1 N–H and O–H groups in total. The molecule has 19 heavy (non-hydrogen) atoms. The fraction of sp³-hybridized carbons (Fsp3) is 0.333. The zero-order chi connectivity index (χ0) is 13.5. The second-order valence-corrected chi connectivity index (χ2v) is 4.92. The molecule has 0 amide bonds. The van der Waals surface area contributed by atoms with E-state index >= 15 is 0 Å². The quantitative estimate of drug-likeness (QED) is 0.823. The molecular weight excluding hydrogens is 258 g/mol. The summed E-state index contributed by atoms with van der Waals surface area (Å²) >= 11 is 5.86. The Balaban J connectivity index is 1.92. The number of hydrogen-bond acceptors (Lipinski definition) is 3. The van der Waals surface area contributed by atoms with Crippen LogP contribution in [-0.2, 0) is 13.0 Å². The summed E-state index contributed by atoms with van der Waals surface area (Å²) in [7, 11) is 0. The van der Waals surface area contributed by atoms with E-state index in [1.807, 2.05) is 36.7 Å². The van der Waals surface area contributed by atoms with E-state index in [1.165, 1.54) is 5.56 Å². The largest absolute Gasteiger partial charge is 0.313 e. The van der Waals surface area contributed by atoms with E-state index in [1.54, 1.807) is 0 Å². The molecule has 0 unspecified atom stereocenters. The lowest BCUT2D eigenvalue weighted by Crippen LogP contribution is -2.14. The van der Waals surface area contributed by atoms with E-state index in [9.17, 15) is 0 Å². The molecule has 0 aliphatic rings. The summed E-state index contributed by atoms with van der Waals surface area (Å²) in [6, 6.07) is 7.78. The van der Waals surface area contributed by atoms with E-state index in [2.05, 4.69) is 22.2 Å². The van der Waals surface area contributed by atoms with Gasteiger partial charge in [0.2, 0.25) is 0 Å². The molecule has 0 bridgehead atoms. The summed E-state index contributed by atoms with van der Waals surface area (Å²) in [4.78, 5) is 8.78. The molecule has 0 fully saturated rings. The smallest absolute Gasteiger partial charge is 0.132 e. The Kier molecular flexibility index (Phi) is 5.31. The highest BCUT2D eigenvalue weighted by Crippen LogP contribution is 2.11. The molecule has 3 nitrogen and oxygen atoms in total. The van der Waals surface area contributed by atoms with Gasteiger partial charge < -0.3 is 5.32 Å². The normalized spacial score (nSPS) is 10.6. The summed E-state index contributed by atoms with van der Waals surface area (Å²) in [5, 5.41) is 4.08. The Morgan fingerprint density at radius 3 is 2.37 bits per heavy atom. The van der Waals surface area contributed by atoms with E-state index < -0.39 is 0 Å². The van der Waals surface area contributed by atoms with E-state index in [-0.39, 0.29) is 0 Å². The Labute approximate surface area is 119 Å². The minimum atomic E-state index is 0.736. The maximum atomic E-state index is 5.86. The third kappa shape index (κ3) is 4.62. The van der Waals surface area contributed by atoms with Crippen LogP contribution in [0.25, 0.3) is 0 Å². The van der Waals surface area contributed by atoms with Gasteiger partial charge in [-0.05, 0) is 30.7 Å². The summed E-state index contributed by atoms with van der Waals surface area (Å²) in [5.41, 5.74) is 2.29. The van der Waals surface area contributed by atoms with Crippen LogP contribution < -0.4 is 5.32 Å². The van der Waals surface area contributed by atoms with E-state index in [4.69, 9.17) is 11.6 Å². The van der Waals surface area contributed by atoms with Crippen molar-refractivity contribution in [1.29, 1.82) is 0 Å². The van der Waals surface area contributed by atoms with Crippen LogP contribution in [0.5, 0.6) is 0 Å². The molecule has 0 aliphatic heterocycles. The van der Waals surface area contributed by atoms with E-state index in [0.29, 0.717) is 0 Å². The van der Waals surface area contributed by atoms with Gasteiger partial charge in [0.1, 0.15) is 5.82 Å². The first-order chi connectivity index (χ1) is 9.28. The van der Waals surface area contributed by atoms with Crippen LogP contribution in [0.4, 0.5) is 0 Å². The zero-order valence-electron chi connectivity index (χ0n) is 11.1. The first kappa shape index (κ1) is 14.0. The molecule has 4 heteroatoms. The van der Waals surface area contributed by atoms with Crippen LogP contribution in [0.3, 0.4) is 0 Å². The number of nitrogens with one attached hydrogen (secondary N) is 1. The predicted molar refractivity (Wildman–Crippen MR) is 78.3 cm³/mol. The molecule has 0 spiro atoms. The fourth-order valence-electron chi connectivity index (χ4n) is 1.76. The summed E-state index contributed by atoms with van der Waals surface area (Å²) in [6.07, 6.45) is 5.65. The van der Waals surface area contributed by atoms with Crippen molar-refractivity contribution in [2.75, 3.05) is 6.54 Å². The summed E-state index contributed by atoms with van der Waals surface area (Å²) in [5.74, 6) is 0.835. The lowest BCUT2D eigenvalue weighted by Gasteiger charge is -2.04. The number of rotatable bonds is 6. The van der Waals surface area contributed by atoms with Crippen molar-refractivity contribution in [3.8, 4) is 0 Å². The molecule has 1 heterocycles. The maximum absolute atomic E-state index is 5.86. The topological polar surface area (TPSA) is 37.8 Å². The monoisotopic (exact) mass is 275 g/mol. The van der Waals surface area contributed by atoms with Gasteiger partial charge in [-0.2, -0.15) is 0 Å². The Bertz CT molecular complexity index is 494. The molecule has 1 aromatic carbocycles. The second-order valence-electron chi connectivity index (χ2n) is 4.49. The van der Waals surface area contributed by atoms with Crippen LogP contribution in [0, 0.1) is 0 Å². The van der Waals surface area contributed by atoms with Gasteiger partial charge in [0.25, 0.3) is 0 Å². The van der Waals surface area contributed by atoms with Crippen molar-refractivity contribution >= 4 is 11.6 Å². The molecule has 0 saturated heterocycles. The lowest BCUT2D eigenvalue weighted by molar-refractivity contribution is 0.670. The second kappa shape index (κ2) is 7.22. The molecule has 0 radical (unpaired) electrons. The lowest BCUT2D eigenvalue weighted by atomic mass is 10.1. The molecule has 2 rings (SSSR count). The van der Waals surface area contributed by atoms with Gasteiger partial charge in [0.05, 0.1) is 0 Å². The van der Waals surface area contributed by atoms with Gasteiger partial charge in [-0.15, -0.1) is 0 Å². The molecule has 0 saturated carbocycles. The SMILES string of the molecule is CCCNCc1cnc(Cc2ccc(Cl)cc2)nc1. The van der Waals surface area contributed by atoms with Gasteiger partial charge in [0.15, 0.2) is 0 Å². The number of aromatic nitrogens is 2. The highest BCUT2D eigenvalue weighted by atomic mass is 35.5. The van der Waals surface area contributed by atoms with Crippen LogP contribution in [0.2, 0.25) is 5.02 Å². The molecule has 1 aromatic heterocycles. The van der Waals surface area contributed by atoms with Crippen molar-refractivity contribution in [3.05, 3.63) is 58.6 Å². The van der Waals surface area contributed by atoms with Gasteiger partial charge in [-0.25, -0.2) is 9.97 Å². The first-order valence-electron chi connectivity index (χ1n) is 6.53. The molecule has 2 aromatic rings. The first-order valence-corrected chi connectivity index (χ1v) is 6.90. The van der Waals surface area contributed by atoms with Crippen molar-refractivity contribution in [1.82, 2.24) is 15.3 Å². The minimum absolute atomic E-state index is 0.736. The predicted octanol–water partition coefficient (Wildman–Crippen LogP) is 3.22. The average Bonchev–Trinajstić information content (AvgIpc) is 2.44. The van der Waals surface area contributed by atoms with Crippen molar-refractivity contribution in [2.24, 2.45) is 0 Å². The van der Waals surface area contributed by atoms with Crippen LogP contribution in [0.15, 0.2) is 36.7 Å². The van der Waals surface area contributed by atoms with Crippen molar-refractivity contribution in [3.63, 3.8) is 0 Å². The summed E-state index contributed by atoms with van der Waals surface area (Å²) in [6.45, 7) is 4.00. The molecule has 0 atom stereocenters. The van der Waals surface area contributed by atoms with Crippen molar-refractivity contribution < 1.29 is 0 Å². The Morgan fingerprint density at radius 2 is 1.74 bits per heavy atom. The number of benzene rings is 1. The standard InChI is InChI=1S/C15H18ClN3/c1-2-7-17-9-13-10-18-15(19-11-13)8-12-3-5-14(16)6-4-12/h3-6,10-11,17H,2,7-9H2,1H3. The van der Waals surface area contributed by atoms with E-state index in [0.717, 1.165) is 42.3 Å². The van der Waals surface area contributed by atoms with Crippen LogP contribution in [-0.4, -0.2) is 16.5 Å². The fourth-order valence-corrected chi connectivity index (χ4v) is 1.88. The Morgan fingerprint density at radius 1 is 1.05 bits per heavy atom. The van der Waals surface area contributed by atoms with Crippen molar-refractivity contribution in [2.45, 2.75) is 26.3 Å². The number of halogens is 1. The minimum Gasteiger partial charge on any atom is -0.313 e. The maximum Gasteiger partial charge on any atom is 0.132 e. The zero-order valence-corrected chi connectivity index (χ0v) is 11.8. The molecular formula is C15H18ClN3. The van der Waals surface area contributed by atoms with Crippen LogP contribution >= 0.6 is 11.6 Å². The van der Waals surface area contributed by atoms with Gasteiger partial charge in [-0.1, -0.05) is 30.7 Å². The molecule has 0 aliphatic carbocycles. The highest BCUT2D eigenvalue weighted by Gasteiger charge is 2.00. The average molecular weight is 276 g/mol. The Hall–Kier alpha value is -1.45.